The summed E-state index contributed by atoms with van der Waals surface area (Å²) in [4.78, 5) is 24.7. The van der Waals surface area contributed by atoms with Crippen LogP contribution in [0.25, 0.3) is 0 Å². The SMILES string of the molecule is COC[C@H]1CC[C@H](C(=O)O)CN1C(=O)OC(C)(C)C. The molecule has 110 valence electrons. The second-order valence-corrected chi connectivity index (χ2v) is 5.85. The molecule has 0 aromatic carbocycles. The fourth-order valence-corrected chi connectivity index (χ4v) is 2.14. The van der Waals surface area contributed by atoms with Crippen LogP contribution in [0.15, 0.2) is 0 Å². The molecule has 1 N–H and O–H groups in total. The van der Waals surface area contributed by atoms with Crippen LogP contribution >= 0.6 is 0 Å². The minimum atomic E-state index is -0.871. The van der Waals surface area contributed by atoms with Crippen LogP contribution in [-0.2, 0) is 14.3 Å². The lowest BCUT2D eigenvalue weighted by Crippen LogP contribution is -2.51. The minimum absolute atomic E-state index is 0.115. The fourth-order valence-electron chi connectivity index (χ4n) is 2.14. The molecule has 1 aliphatic rings. The van der Waals surface area contributed by atoms with E-state index in [0.29, 0.717) is 19.4 Å². The van der Waals surface area contributed by atoms with Crippen LogP contribution in [0.5, 0.6) is 0 Å². The van der Waals surface area contributed by atoms with Crippen LogP contribution in [0, 0.1) is 5.92 Å². The lowest BCUT2D eigenvalue weighted by molar-refractivity contribution is -0.144. The number of piperidine rings is 1. The Morgan fingerprint density at radius 1 is 1.32 bits per heavy atom. The van der Waals surface area contributed by atoms with E-state index >= 15 is 0 Å². The number of carboxylic acids is 1. The number of amides is 1. The molecule has 6 nitrogen and oxygen atoms in total. The van der Waals surface area contributed by atoms with Crippen molar-refractivity contribution in [1.82, 2.24) is 4.90 Å². The van der Waals surface area contributed by atoms with Crippen LogP contribution in [0.2, 0.25) is 0 Å². The summed E-state index contributed by atoms with van der Waals surface area (Å²) in [5, 5.41) is 9.08. The highest BCUT2D eigenvalue weighted by molar-refractivity contribution is 5.73. The van der Waals surface area contributed by atoms with Crippen molar-refractivity contribution in [3.63, 3.8) is 0 Å². The maximum atomic E-state index is 12.1. The van der Waals surface area contributed by atoms with E-state index in [1.165, 1.54) is 4.90 Å². The molecule has 0 radical (unpaired) electrons. The molecule has 1 fully saturated rings. The van der Waals surface area contributed by atoms with Gasteiger partial charge in [-0.25, -0.2) is 4.79 Å². The first-order valence-corrected chi connectivity index (χ1v) is 6.46. The number of carbonyl (C=O) groups is 2. The number of carboxylic acid groups (broad SMARTS) is 1. The van der Waals surface area contributed by atoms with Gasteiger partial charge in [0.05, 0.1) is 18.6 Å². The van der Waals surface area contributed by atoms with Gasteiger partial charge in [0.15, 0.2) is 0 Å². The van der Waals surface area contributed by atoms with Crippen molar-refractivity contribution in [3.05, 3.63) is 0 Å². The Labute approximate surface area is 113 Å². The second kappa shape index (κ2) is 6.23. The highest BCUT2D eigenvalue weighted by Gasteiger charge is 2.36. The van der Waals surface area contributed by atoms with E-state index in [4.69, 9.17) is 14.6 Å². The molecular weight excluding hydrogens is 250 g/mol. The normalized spacial score (nSPS) is 24.1. The Balaban J connectivity index is 2.76. The highest BCUT2D eigenvalue weighted by atomic mass is 16.6. The van der Waals surface area contributed by atoms with Crippen LogP contribution in [0.1, 0.15) is 33.6 Å². The first kappa shape index (κ1) is 15.8. The maximum absolute atomic E-state index is 12.1. The number of carbonyl (C=O) groups excluding carboxylic acids is 1. The molecule has 0 unspecified atom stereocenters. The van der Waals surface area contributed by atoms with Gasteiger partial charge in [-0.2, -0.15) is 0 Å². The van der Waals surface area contributed by atoms with E-state index in [0.717, 1.165) is 0 Å². The summed E-state index contributed by atoms with van der Waals surface area (Å²) in [6.07, 6.45) is 0.702. The minimum Gasteiger partial charge on any atom is -0.481 e. The summed E-state index contributed by atoms with van der Waals surface area (Å²) in [5.41, 5.74) is -0.592. The third-order valence-corrected chi connectivity index (χ3v) is 3.04. The maximum Gasteiger partial charge on any atom is 0.410 e. The first-order valence-electron chi connectivity index (χ1n) is 6.46. The number of methoxy groups -OCH3 is 1. The average molecular weight is 273 g/mol. The average Bonchev–Trinajstić information content (AvgIpc) is 2.27. The largest absolute Gasteiger partial charge is 0.481 e. The highest BCUT2D eigenvalue weighted by Crippen LogP contribution is 2.24. The number of hydrogen-bond acceptors (Lipinski definition) is 4. The summed E-state index contributed by atoms with van der Waals surface area (Å²) >= 11 is 0. The second-order valence-electron chi connectivity index (χ2n) is 5.85. The molecule has 0 spiro atoms. The lowest BCUT2D eigenvalue weighted by atomic mass is 9.93. The van der Waals surface area contributed by atoms with Crippen LogP contribution < -0.4 is 0 Å². The Hall–Kier alpha value is -1.30. The molecule has 1 rings (SSSR count). The van der Waals surface area contributed by atoms with E-state index < -0.39 is 23.6 Å². The van der Waals surface area contributed by atoms with E-state index in [-0.39, 0.29) is 12.6 Å². The number of ether oxygens (including phenoxy) is 2. The van der Waals surface area contributed by atoms with Crippen molar-refractivity contribution < 1.29 is 24.2 Å². The number of aliphatic carboxylic acids is 1. The predicted molar refractivity (Wildman–Crippen MR) is 69.0 cm³/mol. The number of rotatable bonds is 3. The molecule has 1 amide bonds. The van der Waals surface area contributed by atoms with Crippen molar-refractivity contribution in [3.8, 4) is 0 Å². The molecule has 6 heteroatoms. The zero-order valence-electron chi connectivity index (χ0n) is 12.0. The molecule has 0 aliphatic carbocycles. The van der Waals surface area contributed by atoms with Gasteiger partial charge in [-0.3, -0.25) is 4.79 Å². The van der Waals surface area contributed by atoms with Gasteiger partial charge >= 0.3 is 12.1 Å². The van der Waals surface area contributed by atoms with Crippen molar-refractivity contribution >= 4 is 12.1 Å². The van der Waals surface area contributed by atoms with Crippen LogP contribution in [0.4, 0.5) is 4.79 Å². The fraction of sp³-hybridized carbons (Fsp3) is 0.846. The third kappa shape index (κ3) is 4.70. The van der Waals surface area contributed by atoms with E-state index in [1.807, 2.05) is 0 Å². The summed E-state index contributed by atoms with van der Waals surface area (Å²) < 4.78 is 10.4. The van der Waals surface area contributed by atoms with Gasteiger partial charge in [0.2, 0.25) is 0 Å². The van der Waals surface area contributed by atoms with Gasteiger partial charge in [-0.1, -0.05) is 0 Å². The third-order valence-electron chi connectivity index (χ3n) is 3.04. The quantitative estimate of drug-likeness (QED) is 0.847. The summed E-state index contributed by atoms with van der Waals surface area (Å²) in [6.45, 7) is 5.93. The smallest absolute Gasteiger partial charge is 0.410 e. The standard InChI is InChI=1S/C13H23NO5/c1-13(2,3)19-12(17)14-7-9(11(15)16)5-6-10(14)8-18-4/h9-10H,5-8H2,1-4H3,(H,15,16)/t9-,10+/m0/s1. The molecule has 1 saturated heterocycles. The molecule has 0 saturated carbocycles. The Morgan fingerprint density at radius 2 is 1.95 bits per heavy atom. The van der Waals surface area contributed by atoms with Gasteiger partial charge in [0.1, 0.15) is 5.60 Å². The van der Waals surface area contributed by atoms with E-state index in [2.05, 4.69) is 0 Å². The molecule has 0 bridgehead atoms. The Bertz CT molecular complexity index is 336. The first-order chi connectivity index (χ1) is 8.74. The van der Waals surface area contributed by atoms with Crippen LogP contribution in [0.3, 0.4) is 0 Å². The number of nitrogens with zero attached hydrogens (tertiary/aromatic N) is 1. The molecule has 1 heterocycles. The van der Waals surface area contributed by atoms with Crippen molar-refractivity contribution in [2.45, 2.75) is 45.3 Å². The van der Waals surface area contributed by atoms with Gasteiger partial charge in [0, 0.05) is 13.7 Å². The van der Waals surface area contributed by atoms with Gasteiger partial charge in [0.25, 0.3) is 0 Å². The monoisotopic (exact) mass is 273 g/mol. The van der Waals surface area contributed by atoms with Gasteiger partial charge in [-0.05, 0) is 33.6 Å². The summed E-state index contributed by atoms with van der Waals surface area (Å²) in [5.74, 6) is -1.40. The van der Waals surface area contributed by atoms with E-state index in [9.17, 15) is 9.59 Å². The Morgan fingerprint density at radius 3 is 2.42 bits per heavy atom. The number of likely N-dealkylation sites (tertiary alicyclic amines) is 1. The summed E-state index contributed by atoms with van der Waals surface area (Å²) in [6, 6.07) is -0.115. The van der Waals surface area contributed by atoms with Gasteiger partial charge < -0.3 is 19.5 Å². The molecular formula is C13H23NO5. The Kier molecular flexibility index (Phi) is 5.17. The number of hydrogen-bond donors (Lipinski definition) is 1. The van der Waals surface area contributed by atoms with Crippen molar-refractivity contribution in [2.24, 2.45) is 5.92 Å². The molecule has 0 aromatic heterocycles. The van der Waals surface area contributed by atoms with Gasteiger partial charge in [-0.15, -0.1) is 0 Å². The predicted octanol–water partition coefficient (Wildman–Crippen LogP) is 1.73. The van der Waals surface area contributed by atoms with E-state index in [1.54, 1.807) is 27.9 Å². The van der Waals surface area contributed by atoms with Crippen molar-refractivity contribution in [2.75, 3.05) is 20.3 Å². The molecule has 1 aliphatic heterocycles. The zero-order valence-corrected chi connectivity index (χ0v) is 12.0. The molecule has 19 heavy (non-hydrogen) atoms. The van der Waals surface area contributed by atoms with Crippen molar-refractivity contribution in [1.29, 1.82) is 0 Å². The summed E-state index contributed by atoms with van der Waals surface area (Å²) in [7, 11) is 1.57. The molecule has 0 aromatic rings. The lowest BCUT2D eigenvalue weighted by Gasteiger charge is -2.38. The molecule has 2 atom stereocenters. The zero-order chi connectivity index (χ0) is 14.6. The van der Waals surface area contributed by atoms with Crippen LogP contribution in [-0.4, -0.2) is 54.0 Å². The topological polar surface area (TPSA) is 76.1 Å².